The number of oxime groups is 1. The van der Waals surface area contributed by atoms with Crippen LogP contribution in [0.1, 0.15) is 28.9 Å². The second-order valence-electron chi connectivity index (χ2n) is 7.32. The van der Waals surface area contributed by atoms with Gasteiger partial charge in [0.15, 0.2) is 16.6 Å². The summed E-state index contributed by atoms with van der Waals surface area (Å²) in [4.78, 5) is 21.4. The molecule has 0 radical (unpaired) electrons. The fourth-order valence-corrected chi connectivity index (χ4v) is 4.23. The fraction of sp³-hybridized carbons (Fsp3) is 0.238. The zero-order valence-corrected chi connectivity index (χ0v) is 17.7. The predicted molar refractivity (Wildman–Crippen MR) is 119 cm³/mol. The van der Waals surface area contributed by atoms with E-state index in [9.17, 15) is 15.0 Å². The average Bonchev–Trinajstić information content (AvgIpc) is 3.23. The van der Waals surface area contributed by atoms with E-state index < -0.39 is 18.7 Å². The van der Waals surface area contributed by atoms with Crippen molar-refractivity contribution in [1.82, 2.24) is 9.97 Å². The number of nitrogens with zero attached hydrogens (tertiary/aromatic N) is 3. The van der Waals surface area contributed by atoms with E-state index >= 15 is 0 Å². The predicted octanol–water partition coefficient (Wildman–Crippen LogP) is 3.08. The van der Waals surface area contributed by atoms with Crippen molar-refractivity contribution in [3.8, 4) is 5.75 Å². The smallest absolute Gasteiger partial charge is 0.526 e. The number of anilines is 1. The van der Waals surface area contributed by atoms with Crippen LogP contribution in [0.15, 0.2) is 53.1 Å². The Balaban J connectivity index is 1.41. The van der Waals surface area contributed by atoms with Gasteiger partial charge in [0.2, 0.25) is 0 Å². The summed E-state index contributed by atoms with van der Waals surface area (Å²) in [6, 6.07) is 11.4. The van der Waals surface area contributed by atoms with Crippen molar-refractivity contribution in [2.45, 2.75) is 32.1 Å². The molecule has 0 spiro atoms. The lowest BCUT2D eigenvalue weighted by atomic mass is 9.64. The van der Waals surface area contributed by atoms with Gasteiger partial charge in [-0.1, -0.05) is 29.4 Å². The molecule has 8 nitrogen and oxygen atoms in total. The minimum Gasteiger partial charge on any atom is -0.536 e. The SMILES string of the molecule is Cc1cccc2c1OB(O)[C@@H](CC(=O)/C(=N\O)c1csc(NCc3ccccn3)n1)C2. The van der Waals surface area contributed by atoms with Crippen molar-refractivity contribution < 1.29 is 19.7 Å². The molecule has 1 atom stereocenters. The highest BCUT2D eigenvalue weighted by Crippen LogP contribution is 2.36. The number of ketones is 1. The Kier molecular flexibility index (Phi) is 6.29. The van der Waals surface area contributed by atoms with Crippen LogP contribution in [-0.4, -0.2) is 38.8 Å². The first-order valence-corrected chi connectivity index (χ1v) is 10.7. The van der Waals surface area contributed by atoms with Crippen LogP contribution >= 0.6 is 11.3 Å². The minimum absolute atomic E-state index is 0.0256. The van der Waals surface area contributed by atoms with Crippen LogP contribution in [0.3, 0.4) is 0 Å². The number of fused-ring (bicyclic) bond motifs is 1. The highest BCUT2D eigenvalue weighted by atomic mass is 32.1. The molecular weight excluding hydrogens is 415 g/mol. The molecule has 2 aromatic heterocycles. The third kappa shape index (κ3) is 4.75. The van der Waals surface area contributed by atoms with Crippen LogP contribution in [0.25, 0.3) is 0 Å². The van der Waals surface area contributed by atoms with Crippen molar-refractivity contribution in [3.63, 3.8) is 0 Å². The summed E-state index contributed by atoms with van der Waals surface area (Å²) in [6.07, 6.45) is 2.18. The van der Waals surface area contributed by atoms with Crippen LogP contribution in [0.4, 0.5) is 5.13 Å². The molecule has 1 aliphatic rings. The molecule has 0 saturated carbocycles. The van der Waals surface area contributed by atoms with Crippen molar-refractivity contribution in [3.05, 3.63) is 70.5 Å². The fourth-order valence-electron chi connectivity index (χ4n) is 3.53. The monoisotopic (exact) mass is 436 g/mol. The van der Waals surface area contributed by atoms with E-state index in [4.69, 9.17) is 4.65 Å². The Labute approximate surface area is 183 Å². The summed E-state index contributed by atoms with van der Waals surface area (Å²) >= 11 is 1.30. The van der Waals surface area contributed by atoms with Crippen molar-refractivity contribution >= 4 is 35.1 Å². The number of rotatable bonds is 7. The molecule has 158 valence electrons. The number of pyridine rings is 1. The molecule has 1 aliphatic heterocycles. The number of aromatic nitrogens is 2. The van der Waals surface area contributed by atoms with Gasteiger partial charge in [-0.3, -0.25) is 9.78 Å². The van der Waals surface area contributed by atoms with Crippen molar-refractivity contribution in [1.29, 1.82) is 0 Å². The summed E-state index contributed by atoms with van der Waals surface area (Å²) in [7, 11) is -1.11. The van der Waals surface area contributed by atoms with Gasteiger partial charge >= 0.3 is 7.12 Å². The first kappa shape index (κ1) is 21.0. The molecule has 0 saturated heterocycles. The first-order valence-electron chi connectivity index (χ1n) is 9.83. The van der Waals surface area contributed by atoms with Crippen LogP contribution in [0.2, 0.25) is 5.82 Å². The van der Waals surface area contributed by atoms with E-state index in [0.717, 1.165) is 16.8 Å². The number of hydrogen-bond acceptors (Lipinski definition) is 9. The molecule has 3 aromatic rings. The lowest BCUT2D eigenvalue weighted by Crippen LogP contribution is -2.36. The second-order valence-corrected chi connectivity index (χ2v) is 8.18. The van der Waals surface area contributed by atoms with Gasteiger partial charge < -0.3 is 20.2 Å². The van der Waals surface area contributed by atoms with Crippen molar-refractivity contribution in [2.24, 2.45) is 5.16 Å². The Morgan fingerprint density at radius 1 is 1.35 bits per heavy atom. The lowest BCUT2D eigenvalue weighted by Gasteiger charge is -2.28. The number of Topliss-reactive ketones (excluding diaryl/α,β-unsaturated/α-hetero) is 1. The largest absolute Gasteiger partial charge is 0.536 e. The van der Waals surface area contributed by atoms with Gasteiger partial charge in [-0.15, -0.1) is 11.3 Å². The summed E-state index contributed by atoms with van der Waals surface area (Å²) < 4.78 is 5.64. The number of benzene rings is 1. The van der Waals surface area contributed by atoms with Gasteiger partial charge in [0, 0.05) is 23.8 Å². The molecular formula is C21H21BN4O4S. The molecule has 3 heterocycles. The van der Waals surface area contributed by atoms with Gasteiger partial charge in [0.25, 0.3) is 0 Å². The maximum atomic E-state index is 12.8. The highest BCUT2D eigenvalue weighted by molar-refractivity contribution is 7.14. The van der Waals surface area contributed by atoms with E-state index in [2.05, 4.69) is 20.4 Å². The zero-order chi connectivity index (χ0) is 21.8. The van der Waals surface area contributed by atoms with Gasteiger partial charge in [0.1, 0.15) is 11.4 Å². The molecule has 3 N–H and O–H groups in total. The highest BCUT2D eigenvalue weighted by Gasteiger charge is 2.37. The lowest BCUT2D eigenvalue weighted by molar-refractivity contribution is -0.113. The van der Waals surface area contributed by atoms with E-state index in [-0.39, 0.29) is 17.8 Å². The Morgan fingerprint density at radius 2 is 2.23 bits per heavy atom. The molecule has 0 bridgehead atoms. The Morgan fingerprint density at radius 3 is 3.00 bits per heavy atom. The molecule has 4 rings (SSSR count). The Hall–Kier alpha value is -3.24. The minimum atomic E-state index is -1.11. The number of carbonyl (C=O) groups is 1. The van der Waals surface area contributed by atoms with Crippen LogP contribution in [0, 0.1) is 6.92 Å². The molecule has 10 heteroatoms. The number of thiazole rings is 1. The Bertz CT molecular complexity index is 1110. The van der Waals surface area contributed by atoms with Gasteiger partial charge in [-0.05, 0) is 36.6 Å². The maximum Gasteiger partial charge on any atom is 0.526 e. The summed E-state index contributed by atoms with van der Waals surface area (Å²) in [6.45, 7) is 2.40. The quantitative estimate of drug-likeness (QED) is 0.226. The topological polar surface area (TPSA) is 117 Å². The molecule has 31 heavy (non-hydrogen) atoms. The van der Waals surface area contributed by atoms with Gasteiger partial charge in [0.05, 0.1) is 12.2 Å². The number of nitrogens with one attached hydrogen (secondary N) is 1. The van der Waals surface area contributed by atoms with E-state index in [1.807, 2.05) is 43.3 Å². The van der Waals surface area contributed by atoms with E-state index in [1.54, 1.807) is 11.6 Å². The van der Waals surface area contributed by atoms with Crippen molar-refractivity contribution in [2.75, 3.05) is 5.32 Å². The first-order chi connectivity index (χ1) is 15.0. The normalized spacial score (nSPS) is 15.9. The summed E-state index contributed by atoms with van der Waals surface area (Å²) in [5.41, 5.74) is 2.88. The van der Waals surface area contributed by atoms with E-state index in [0.29, 0.717) is 23.8 Å². The third-order valence-corrected chi connectivity index (χ3v) is 5.92. The number of hydrogen-bond donors (Lipinski definition) is 3. The van der Waals surface area contributed by atoms with Gasteiger partial charge in [-0.25, -0.2) is 4.98 Å². The molecule has 0 fully saturated rings. The standard InChI is InChI=1S/C21H21BN4O4S/c1-13-5-4-6-14-9-15(22(28)30-20(13)14)10-18(27)19(26-29)17-12-31-21(25-17)24-11-16-7-2-3-8-23-16/h2-8,12,15,28-29H,9-11H2,1H3,(H,24,25)/b26-19-/t15-/m1/s1. The van der Waals surface area contributed by atoms with Crippen LogP contribution < -0.4 is 9.97 Å². The van der Waals surface area contributed by atoms with Gasteiger partial charge in [-0.2, -0.15) is 0 Å². The number of carbonyl (C=O) groups excluding carboxylic acids is 1. The second kappa shape index (κ2) is 9.28. The van der Waals surface area contributed by atoms with Crippen LogP contribution in [-0.2, 0) is 17.8 Å². The summed E-state index contributed by atoms with van der Waals surface area (Å²) in [5, 5.41) is 28.4. The summed E-state index contributed by atoms with van der Waals surface area (Å²) in [5.74, 6) is -0.190. The van der Waals surface area contributed by atoms with Crippen LogP contribution in [0.5, 0.6) is 5.75 Å². The number of aryl methyl sites for hydroxylation is 1. The number of para-hydroxylation sites is 1. The average molecular weight is 436 g/mol. The maximum absolute atomic E-state index is 12.8. The zero-order valence-electron chi connectivity index (χ0n) is 16.9. The molecule has 1 aromatic carbocycles. The molecule has 0 amide bonds. The third-order valence-electron chi connectivity index (χ3n) is 5.12. The van der Waals surface area contributed by atoms with E-state index in [1.165, 1.54) is 11.3 Å². The molecule has 0 aliphatic carbocycles. The molecule has 0 unspecified atom stereocenters.